The normalized spacial score (nSPS) is 10.3. The molecule has 0 radical (unpaired) electrons. The molecule has 2 aromatic heterocycles. The van der Waals surface area contributed by atoms with Crippen LogP contribution < -0.4 is 10.2 Å². The Morgan fingerprint density at radius 2 is 1.74 bits per heavy atom. The van der Waals surface area contributed by atoms with Crippen LogP contribution in [0.2, 0.25) is 0 Å². The Balaban J connectivity index is 1.81. The van der Waals surface area contributed by atoms with E-state index in [-0.39, 0.29) is 17.9 Å². The lowest BCUT2D eigenvalue weighted by Crippen LogP contribution is -2.32. The van der Waals surface area contributed by atoms with Crippen molar-refractivity contribution in [1.82, 2.24) is 14.8 Å². The average Bonchev–Trinajstić information content (AvgIpc) is 2.62. The number of rotatable bonds is 4. The van der Waals surface area contributed by atoms with Crippen molar-refractivity contribution in [3.8, 4) is 17.0 Å². The lowest BCUT2D eigenvalue weighted by atomic mass is 10.1. The Hall–Kier alpha value is -3.28. The average molecular weight is 305 g/mol. The lowest BCUT2D eigenvalue weighted by molar-refractivity contribution is 0.369. The van der Waals surface area contributed by atoms with Crippen molar-refractivity contribution < 1.29 is 4.74 Å². The number of ether oxygens (including phenoxy) is 1. The highest BCUT2D eigenvalue weighted by molar-refractivity contribution is 5.82. The molecule has 0 aliphatic rings. The quantitative estimate of drug-likeness (QED) is 0.573. The van der Waals surface area contributed by atoms with Crippen molar-refractivity contribution in [1.29, 1.82) is 10.8 Å². The third-order valence-electron chi connectivity index (χ3n) is 3.19. The fourth-order valence-electron chi connectivity index (χ4n) is 2.04. The number of hydrogen-bond acceptors (Lipinski definition) is 5. The fraction of sp³-hybridized carbons (Fsp3) is 0.0588. The maximum atomic E-state index is 8.12. The highest BCUT2D eigenvalue weighted by atomic mass is 16.5. The first-order valence-corrected chi connectivity index (χ1v) is 7.05. The van der Waals surface area contributed by atoms with Crippen LogP contribution in [0.25, 0.3) is 11.3 Å². The van der Waals surface area contributed by atoms with Gasteiger partial charge in [0.15, 0.2) is 5.84 Å². The minimum absolute atomic E-state index is 0.0196. The highest BCUT2D eigenvalue weighted by Crippen LogP contribution is 2.14. The summed E-state index contributed by atoms with van der Waals surface area (Å²) in [5.74, 6) is 0.709. The molecule has 0 saturated heterocycles. The van der Waals surface area contributed by atoms with Gasteiger partial charge in [-0.25, -0.2) is 0 Å². The van der Waals surface area contributed by atoms with Crippen molar-refractivity contribution in [3.05, 3.63) is 72.5 Å². The largest absolute Gasteiger partial charge is 0.486 e. The van der Waals surface area contributed by atoms with Crippen LogP contribution in [0.15, 0.2) is 67.0 Å². The molecule has 1 aromatic carbocycles. The second-order valence-electron chi connectivity index (χ2n) is 4.80. The van der Waals surface area contributed by atoms with Gasteiger partial charge in [0.05, 0.1) is 5.69 Å². The molecule has 23 heavy (non-hydrogen) atoms. The summed E-state index contributed by atoms with van der Waals surface area (Å²) in [4.78, 5) is 3.91. The van der Waals surface area contributed by atoms with E-state index in [1.807, 2.05) is 30.3 Å². The Kier molecular flexibility index (Phi) is 4.24. The Morgan fingerprint density at radius 1 is 1.00 bits per heavy atom. The summed E-state index contributed by atoms with van der Waals surface area (Å²) in [6, 6.07) is 16.5. The molecule has 0 aliphatic carbocycles. The molecular formula is C17H15N5O. The van der Waals surface area contributed by atoms with E-state index < -0.39 is 0 Å². The van der Waals surface area contributed by atoms with Crippen LogP contribution >= 0.6 is 0 Å². The van der Waals surface area contributed by atoms with E-state index in [0.717, 1.165) is 5.56 Å². The van der Waals surface area contributed by atoms with Crippen molar-refractivity contribution in [2.45, 2.75) is 0 Å². The van der Waals surface area contributed by atoms with Crippen LogP contribution in [0.3, 0.4) is 0 Å². The summed E-state index contributed by atoms with van der Waals surface area (Å²) in [6.07, 6.45) is 3.24. The summed E-state index contributed by atoms with van der Waals surface area (Å²) < 4.78 is 6.78. The number of nitrogens with one attached hydrogen (secondary N) is 2. The lowest BCUT2D eigenvalue weighted by Gasteiger charge is -2.10. The molecule has 0 bridgehead atoms. The van der Waals surface area contributed by atoms with E-state index in [0.29, 0.717) is 11.4 Å². The van der Waals surface area contributed by atoms with Gasteiger partial charge in [-0.3, -0.25) is 15.8 Å². The number of aromatic nitrogens is 3. The molecule has 0 atom stereocenters. The smallest absolute Gasteiger partial charge is 0.162 e. The highest BCUT2D eigenvalue weighted by Gasteiger charge is 2.07. The minimum Gasteiger partial charge on any atom is -0.486 e. The molecule has 2 heterocycles. The molecule has 0 fully saturated rings. The molecule has 6 heteroatoms. The molecule has 0 saturated carbocycles. The molecule has 0 aliphatic heterocycles. The second-order valence-corrected chi connectivity index (χ2v) is 4.80. The van der Waals surface area contributed by atoms with Gasteiger partial charge >= 0.3 is 0 Å². The number of hydrogen-bond donors (Lipinski definition) is 2. The molecule has 3 rings (SSSR count). The number of nitrogens with zero attached hydrogens (tertiary/aromatic N) is 3. The zero-order valence-electron chi connectivity index (χ0n) is 12.3. The summed E-state index contributed by atoms with van der Waals surface area (Å²) >= 11 is 0. The van der Waals surface area contributed by atoms with E-state index in [9.17, 15) is 0 Å². The number of pyridine rings is 1. The van der Waals surface area contributed by atoms with Gasteiger partial charge in [-0.2, -0.15) is 9.78 Å². The fourth-order valence-corrected chi connectivity index (χ4v) is 2.04. The van der Waals surface area contributed by atoms with Crippen LogP contribution in [0.4, 0.5) is 0 Å². The summed E-state index contributed by atoms with van der Waals surface area (Å²) in [5.41, 5.74) is 1.77. The predicted molar refractivity (Wildman–Crippen MR) is 86.4 cm³/mol. The van der Waals surface area contributed by atoms with Gasteiger partial charge < -0.3 is 4.74 Å². The van der Waals surface area contributed by atoms with Gasteiger partial charge in [0.1, 0.15) is 17.8 Å². The summed E-state index contributed by atoms with van der Waals surface area (Å²) in [7, 11) is 0. The first-order chi connectivity index (χ1) is 11.2. The molecule has 0 spiro atoms. The van der Waals surface area contributed by atoms with Crippen molar-refractivity contribution in [3.63, 3.8) is 0 Å². The first kappa shape index (κ1) is 14.6. The molecule has 114 valence electrons. The molecule has 3 aromatic rings. The van der Waals surface area contributed by atoms with E-state index in [2.05, 4.69) is 10.1 Å². The van der Waals surface area contributed by atoms with E-state index in [1.54, 1.807) is 36.7 Å². The van der Waals surface area contributed by atoms with Gasteiger partial charge in [-0.15, -0.1) is 0 Å². The van der Waals surface area contributed by atoms with E-state index in [1.165, 1.54) is 4.68 Å². The Labute approximate surface area is 133 Å². The van der Waals surface area contributed by atoms with Gasteiger partial charge in [0.25, 0.3) is 0 Å². The van der Waals surface area contributed by atoms with Crippen LogP contribution in [0, 0.1) is 10.8 Å². The van der Waals surface area contributed by atoms with E-state index >= 15 is 0 Å². The van der Waals surface area contributed by atoms with Gasteiger partial charge in [0, 0.05) is 18.0 Å². The third kappa shape index (κ3) is 3.49. The second kappa shape index (κ2) is 6.65. The Morgan fingerprint density at radius 3 is 2.48 bits per heavy atom. The maximum absolute atomic E-state index is 8.12. The van der Waals surface area contributed by atoms with Crippen molar-refractivity contribution in [2.24, 2.45) is 0 Å². The first-order valence-electron chi connectivity index (χ1n) is 7.05. The van der Waals surface area contributed by atoms with Gasteiger partial charge in [-0.1, -0.05) is 30.3 Å². The van der Waals surface area contributed by atoms with Crippen molar-refractivity contribution >= 4 is 5.84 Å². The van der Waals surface area contributed by atoms with Crippen LogP contribution in [0.5, 0.6) is 5.75 Å². The summed E-state index contributed by atoms with van der Waals surface area (Å²) in [5, 5.41) is 20.4. The zero-order valence-corrected chi connectivity index (χ0v) is 12.3. The minimum atomic E-state index is 0.0196. The van der Waals surface area contributed by atoms with E-state index in [4.69, 9.17) is 15.6 Å². The standard InChI is InChI=1S/C17H15N5O/c18-16-7-6-15(13-4-2-1-3-5-13)21-22(16)17(19)12-23-14-8-10-20-11-9-14/h1-11,18-19H,12H2. The molecule has 0 amide bonds. The third-order valence-corrected chi connectivity index (χ3v) is 3.19. The topological polar surface area (TPSA) is 87.6 Å². The SMILES string of the molecule is N=C(COc1ccncc1)n1nc(-c2ccccc2)ccc1=N. The van der Waals surface area contributed by atoms with Gasteiger partial charge in [0.2, 0.25) is 0 Å². The van der Waals surface area contributed by atoms with Crippen molar-refractivity contribution in [2.75, 3.05) is 6.61 Å². The summed E-state index contributed by atoms with van der Waals surface area (Å²) in [6.45, 7) is 0.0196. The molecular weight excluding hydrogens is 290 g/mol. The van der Waals surface area contributed by atoms with Crippen LogP contribution in [0.1, 0.15) is 0 Å². The molecule has 6 nitrogen and oxygen atoms in total. The van der Waals surface area contributed by atoms with Crippen LogP contribution in [-0.4, -0.2) is 27.2 Å². The zero-order chi connectivity index (χ0) is 16.1. The predicted octanol–water partition coefficient (Wildman–Crippen LogP) is 2.33. The number of benzene rings is 1. The molecule has 2 N–H and O–H groups in total. The maximum Gasteiger partial charge on any atom is 0.162 e. The monoisotopic (exact) mass is 305 g/mol. The van der Waals surface area contributed by atoms with Crippen LogP contribution in [-0.2, 0) is 0 Å². The molecule has 0 unspecified atom stereocenters. The Bertz CT molecular complexity index is 859. The van der Waals surface area contributed by atoms with Gasteiger partial charge in [-0.05, 0) is 24.3 Å².